The average molecular weight is 393 g/mol. The Labute approximate surface area is 171 Å². The lowest BCUT2D eigenvalue weighted by atomic mass is 10.1. The van der Waals surface area contributed by atoms with E-state index < -0.39 is 0 Å². The molecule has 0 spiro atoms. The molecule has 1 aromatic carbocycles. The molecule has 3 heterocycles. The molecule has 7 nitrogen and oxygen atoms in total. The van der Waals surface area contributed by atoms with E-state index in [4.69, 9.17) is 0 Å². The number of carbonyl (C=O) groups excluding carboxylic acids is 2. The third kappa shape index (κ3) is 3.69. The van der Waals surface area contributed by atoms with Crippen LogP contribution in [0.25, 0.3) is 0 Å². The second kappa shape index (κ2) is 7.81. The maximum Gasteiger partial charge on any atom is 0.259 e. The molecule has 0 radical (unpaired) electrons. The standard InChI is InChI=1S/C22H27N5O2/c1-4-19-18(13-23-22(25-19)26-9-5-6-10-26)21(29)24-17-7-8-20-16(12-17)11-14(2)27(20)15(3)28/h7-8,12-14H,4-6,9-11H2,1-3H3,(H,24,29)/t14-/m0/s1. The van der Waals surface area contributed by atoms with E-state index >= 15 is 0 Å². The fourth-order valence-electron chi connectivity index (χ4n) is 4.32. The number of amides is 2. The number of anilines is 3. The number of hydrogen-bond donors (Lipinski definition) is 1. The molecule has 1 saturated heterocycles. The van der Waals surface area contributed by atoms with Gasteiger partial charge >= 0.3 is 0 Å². The van der Waals surface area contributed by atoms with Crippen molar-refractivity contribution in [3.63, 3.8) is 0 Å². The van der Waals surface area contributed by atoms with Crippen LogP contribution in [0.4, 0.5) is 17.3 Å². The van der Waals surface area contributed by atoms with Crippen LogP contribution in [0.5, 0.6) is 0 Å². The van der Waals surface area contributed by atoms with E-state index in [-0.39, 0.29) is 17.9 Å². The molecule has 0 bridgehead atoms. The quantitative estimate of drug-likeness (QED) is 0.863. The molecular formula is C22H27N5O2. The number of aryl methyl sites for hydroxylation is 1. The smallest absolute Gasteiger partial charge is 0.259 e. The van der Waals surface area contributed by atoms with E-state index in [1.165, 1.54) is 0 Å². The van der Waals surface area contributed by atoms with Gasteiger partial charge in [0.1, 0.15) is 0 Å². The van der Waals surface area contributed by atoms with E-state index in [1.807, 2.05) is 32.0 Å². The molecule has 2 aliphatic rings. The van der Waals surface area contributed by atoms with Gasteiger partial charge in [0, 0.05) is 43.6 Å². The minimum Gasteiger partial charge on any atom is -0.341 e. The zero-order chi connectivity index (χ0) is 20.5. The Bertz CT molecular complexity index is 952. The van der Waals surface area contributed by atoms with Crippen molar-refractivity contribution in [1.82, 2.24) is 9.97 Å². The number of rotatable bonds is 4. The van der Waals surface area contributed by atoms with Gasteiger partial charge in [-0.25, -0.2) is 9.97 Å². The SMILES string of the molecule is CCc1nc(N2CCCC2)ncc1C(=O)Nc1ccc2c(c1)C[C@H](C)N2C(C)=O. The first kappa shape index (κ1) is 19.4. The Morgan fingerprint density at radius 1 is 1.24 bits per heavy atom. The van der Waals surface area contributed by atoms with E-state index in [9.17, 15) is 9.59 Å². The second-order valence-corrected chi connectivity index (χ2v) is 7.82. The number of nitrogens with zero attached hydrogens (tertiary/aromatic N) is 4. The van der Waals surface area contributed by atoms with Crippen molar-refractivity contribution in [3.8, 4) is 0 Å². The van der Waals surface area contributed by atoms with Crippen molar-refractivity contribution in [2.24, 2.45) is 0 Å². The average Bonchev–Trinajstić information content (AvgIpc) is 3.34. The molecule has 1 atom stereocenters. The van der Waals surface area contributed by atoms with Crippen LogP contribution in [0.1, 0.15) is 55.2 Å². The van der Waals surface area contributed by atoms with Gasteiger partial charge in [0.05, 0.1) is 11.3 Å². The Kier molecular flexibility index (Phi) is 5.22. The summed E-state index contributed by atoms with van der Waals surface area (Å²) in [6, 6.07) is 5.84. The van der Waals surface area contributed by atoms with Crippen molar-refractivity contribution in [3.05, 3.63) is 41.2 Å². The summed E-state index contributed by atoms with van der Waals surface area (Å²) in [5.41, 5.74) is 3.99. The first-order chi connectivity index (χ1) is 14.0. The van der Waals surface area contributed by atoms with Gasteiger partial charge in [0.2, 0.25) is 11.9 Å². The minimum atomic E-state index is -0.204. The second-order valence-electron chi connectivity index (χ2n) is 7.82. The molecule has 1 fully saturated rings. The number of aromatic nitrogens is 2. The molecular weight excluding hydrogens is 366 g/mol. The summed E-state index contributed by atoms with van der Waals surface area (Å²) in [4.78, 5) is 37.9. The molecule has 0 aliphatic carbocycles. The van der Waals surface area contributed by atoms with Crippen molar-refractivity contribution < 1.29 is 9.59 Å². The van der Waals surface area contributed by atoms with Crippen molar-refractivity contribution in [2.75, 3.05) is 28.2 Å². The van der Waals surface area contributed by atoms with E-state index in [2.05, 4.69) is 20.2 Å². The van der Waals surface area contributed by atoms with Gasteiger partial charge in [0.15, 0.2) is 0 Å². The molecule has 2 aromatic rings. The number of carbonyl (C=O) groups is 2. The number of hydrogen-bond acceptors (Lipinski definition) is 5. The van der Waals surface area contributed by atoms with E-state index in [0.717, 1.165) is 55.0 Å². The summed E-state index contributed by atoms with van der Waals surface area (Å²) in [5.74, 6) is 0.548. The Morgan fingerprint density at radius 3 is 2.69 bits per heavy atom. The first-order valence-electron chi connectivity index (χ1n) is 10.3. The lowest BCUT2D eigenvalue weighted by Gasteiger charge is -2.20. The molecule has 7 heteroatoms. The molecule has 0 saturated carbocycles. The van der Waals surface area contributed by atoms with Crippen LogP contribution in [-0.4, -0.2) is 40.9 Å². The van der Waals surface area contributed by atoms with Crippen LogP contribution in [0.15, 0.2) is 24.4 Å². The summed E-state index contributed by atoms with van der Waals surface area (Å²) in [5, 5.41) is 2.97. The van der Waals surface area contributed by atoms with Crippen LogP contribution < -0.4 is 15.1 Å². The van der Waals surface area contributed by atoms with Crippen LogP contribution >= 0.6 is 0 Å². The van der Waals surface area contributed by atoms with Crippen molar-refractivity contribution in [2.45, 2.75) is 52.5 Å². The van der Waals surface area contributed by atoms with Gasteiger partial charge in [-0.15, -0.1) is 0 Å². The van der Waals surface area contributed by atoms with Gasteiger partial charge in [-0.2, -0.15) is 0 Å². The Balaban J connectivity index is 1.54. The lowest BCUT2D eigenvalue weighted by molar-refractivity contribution is -0.116. The highest BCUT2D eigenvalue weighted by Gasteiger charge is 2.29. The van der Waals surface area contributed by atoms with E-state index in [1.54, 1.807) is 18.0 Å². The molecule has 152 valence electrons. The third-order valence-corrected chi connectivity index (χ3v) is 5.72. The number of nitrogens with one attached hydrogen (secondary N) is 1. The minimum absolute atomic E-state index is 0.0378. The van der Waals surface area contributed by atoms with E-state index in [0.29, 0.717) is 17.9 Å². The molecule has 0 unspecified atom stereocenters. The molecule has 2 amide bonds. The predicted molar refractivity (Wildman–Crippen MR) is 114 cm³/mol. The van der Waals surface area contributed by atoms with Crippen LogP contribution in [-0.2, 0) is 17.6 Å². The van der Waals surface area contributed by atoms with Gasteiger partial charge in [-0.05, 0) is 56.4 Å². The van der Waals surface area contributed by atoms with Crippen LogP contribution in [0, 0.1) is 0 Å². The van der Waals surface area contributed by atoms with Gasteiger partial charge < -0.3 is 15.1 Å². The number of benzene rings is 1. The Morgan fingerprint density at radius 2 is 2.00 bits per heavy atom. The van der Waals surface area contributed by atoms with Crippen LogP contribution in [0.2, 0.25) is 0 Å². The maximum absolute atomic E-state index is 12.9. The summed E-state index contributed by atoms with van der Waals surface area (Å²) >= 11 is 0. The highest BCUT2D eigenvalue weighted by atomic mass is 16.2. The fraction of sp³-hybridized carbons (Fsp3) is 0.455. The highest BCUT2D eigenvalue weighted by Crippen LogP contribution is 2.34. The fourth-order valence-corrected chi connectivity index (χ4v) is 4.32. The third-order valence-electron chi connectivity index (χ3n) is 5.72. The normalized spacial score (nSPS) is 18.1. The topological polar surface area (TPSA) is 78.4 Å². The summed E-state index contributed by atoms with van der Waals surface area (Å²) in [6.07, 6.45) is 5.41. The monoisotopic (exact) mass is 393 g/mol. The molecule has 4 rings (SSSR count). The zero-order valence-corrected chi connectivity index (χ0v) is 17.2. The molecule has 2 aliphatic heterocycles. The Hall–Kier alpha value is -2.96. The first-order valence-corrected chi connectivity index (χ1v) is 10.3. The van der Waals surface area contributed by atoms with Gasteiger partial charge in [-0.1, -0.05) is 6.92 Å². The zero-order valence-electron chi connectivity index (χ0n) is 17.2. The largest absolute Gasteiger partial charge is 0.341 e. The lowest BCUT2D eigenvalue weighted by Crippen LogP contribution is -2.33. The summed E-state index contributed by atoms with van der Waals surface area (Å²) in [7, 11) is 0. The van der Waals surface area contributed by atoms with Gasteiger partial charge in [0.25, 0.3) is 5.91 Å². The van der Waals surface area contributed by atoms with Crippen molar-refractivity contribution in [1.29, 1.82) is 0 Å². The summed E-state index contributed by atoms with van der Waals surface area (Å²) < 4.78 is 0. The van der Waals surface area contributed by atoms with Crippen molar-refractivity contribution >= 4 is 29.1 Å². The number of fused-ring (bicyclic) bond motifs is 1. The van der Waals surface area contributed by atoms with Gasteiger partial charge in [-0.3, -0.25) is 9.59 Å². The molecule has 1 aromatic heterocycles. The maximum atomic E-state index is 12.9. The highest BCUT2D eigenvalue weighted by molar-refractivity contribution is 6.05. The summed E-state index contributed by atoms with van der Waals surface area (Å²) in [6.45, 7) is 7.56. The predicted octanol–water partition coefficient (Wildman–Crippen LogP) is 3.19. The molecule has 1 N–H and O–H groups in total. The van der Waals surface area contributed by atoms with Crippen LogP contribution in [0.3, 0.4) is 0 Å². The molecule has 29 heavy (non-hydrogen) atoms.